The van der Waals surface area contributed by atoms with E-state index in [9.17, 15) is 5.11 Å². The lowest BCUT2D eigenvalue weighted by Crippen LogP contribution is -1.99. The van der Waals surface area contributed by atoms with E-state index < -0.39 is 0 Å². The van der Waals surface area contributed by atoms with Gasteiger partial charge in [0.25, 0.3) is 0 Å². The van der Waals surface area contributed by atoms with Crippen LogP contribution in [0.3, 0.4) is 0 Å². The second-order valence-electron chi connectivity index (χ2n) is 5.38. The first-order valence-corrected chi connectivity index (χ1v) is 8.45. The third kappa shape index (κ3) is 3.88. The number of nitrogen functional groups attached to an aromatic ring is 1. The minimum absolute atomic E-state index is 0.107. The molecule has 116 valence electrons. The summed E-state index contributed by atoms with van der Waals surface area (Å²) < 4.78 is 0. The monoisotopic (exact) mass is 321 g/mol. The van der Waals surface area contributed by atoms with Gasteiger partial charge in [0.1, 0.15) is 5.76 Å². The Morgan fingerprint density at radius 1 is 0.957 bits per heavy atom. The van der Waals surface area contributed by atoms with Gasteiger partial charge >= 0.3 is 0 Å². The normalized spacial score (nSPS) is 14.2. The van der Waals surface area contributed by atoms with Gasteiger partial charge in [-0.3, -0.25) is 0 Å². The first-order chi connectivity index (χ1) is 11.2. The maximum atomic E-state index is 10.5. The molecule has 0 aromatic heterocycles. The van der Waals surface area contributed by atoms with Gasteiger partial charge in [-0.2, -0.15) is 0 Å². The molecule has 2 aromatic rings. The van der Waals surface area contributed by atoms with Crippen molar-refractivity contribution in [2.75, 3.05) is 5.73 Å². The standard InChI is InChI=1S/C20H19NOS/c21-17-12-6-7-13-19(17)23-20(16-10-2-1-3-11-16)14-18(22)15-8-4-5-9-15/h1-13,20,22H,14,21H2. The maximum Gasteiger partial charge on any atom is 0.101 e. The van der Waals surface area contributed by atoms with Gasteiger partial charge in [-0.1, -0.05) is 66.8 Å². The molecule has 1 unspecified atom stereocenters. The van der Waals surface area contributed by atoms with Gasteiger partial charge in [-0.15, -0.1) is 11.8 Å². The van der Waals surface area contributed by atoms with Crippen LogP contribution in [0.15, 0.2) is 95.1 Å². The Morgan fingerprint density at radius 2 is 1.61 bits per heavy atom. The van der Waals surface area contributed by atoms with Crippen LogP contribution in [0.1, 0.15) is 17.2 Å². The SMILES string of the molecule is Nc1ccccc1SC(CC(O)=C1C=CC=C1)c1ccccc1. The number of allylic oxidation sites excluding steroid dienone is 6. The van der Waals surface area contributed by atoms with Gasteiger partial charge in [-0.05, 0) is 17.7 Å². The Morgan fingerprint density at radius 3 is 2.30 bits per heavy atom. The number of para-hydroxylation sites is 1. The zero-order chi connectivity index (χ0) is 16.1. The van der Waals surface area contributed by atoms with Crippen molar-refractivity contribution in [2.24, 2.45) is 0 Å². The van der Waals surface area contributed by atoms with Crippen LogP contribution in [0, 0.1) is 0 Å². The van der Waals surface area contributed by atoms with Crippen molar-refractivity contribution < 1.29 is 5.11 Å². The molecular formula is C20H19NOS. The van der Waals surface area contributed by atoms with Crippen LogP contribution >= 0.6 is 11.8 Å². The smallest absolute Gasteiger partial charge is 0.101 e. The molecule has 0 heterocycles. The summed E-state index contributed by atoms with van der Waals surface area (Å²) in [5.74, 6) is 0.408. The fourth-order valence-electron chi connectivity index (χ4n) is 2.50. The van der Waals surface area contributed by atoms with Crippen LogP contribution in [0.4, 0.5) is 5.69 Å². The van der Waals surface area contributed by atoms with Crippen molar-refractivity contribution in [1.29, 1.82) is 0 Å². The van der Waals surface area contributed by atoms with Crippen LogP contribution in [0.2, 0.25) is 0 Å². The van der Waals surface area contributed by atoms with Crippen LogP contribution in [-0.2, 0) is 0 Å². The quantitative estimate of drug-likeness (QED) is 0.438. The molecule has 0 amide bonds. The Hall–Kier alpha value is -2.39. The average molecular weight is 321 g/mol. The summed E-state index contributed by atoms with van der Waals surface area (Å²) in [6.45, 7) is 0. The van der Waals surface area contributed by atoms with Crippen molar-refractivity contribution in [3.05, 3.63) is 95.8 Å². The topological polar surface area (TPSA) is 46.2 Å². The van der Waals surface area contributed by atoms with Gasteiger partial charge in [-0.25, -0.2) is 0 Å². The number of hydrogen-bond donors (Lipinski definition) is 2. The van der Waals surface area contributed by atoms with E-state index in [0.717, 1.165) is 16.2 Å². The number of thioether (sulfide) groups is 1. The molecule has 0 saturated carbocycles. The van der Waals surface area contributed by atoms with Gasteiger partial charge in [0, 0.05) is 27.8 Å². The Kier molecular flexibility index (Phi) is 4.89. The van der Waals surface area contributed by atoms with Crippen molar-refractivity contribution in [3.63, 3.8) is 0 Å². The van der Waals surface area contributed by atoms with E-state index >= 15 is 0 Å². The zero-order valence-corrected chi connectivity index (χ0v) is 13.5. The van der Waals surface area contributed by atoms with Crippen molar-refractivity contribution >= 4 is 17.4 Å². The van der Waals surface area contributed by atoms with E-state index in [0.29, 0.717) is 12.2 Å². The molecule has 2 nitrogen and oxygen atoms in total. The molecule has 0 radical (unpaired) electrons. The van der Waals surface area contributed by atoms with E-state index in [2.05, 4.69) is 12.1 Å². The van der Waals surface area contributed by atoms with Crippen LogP contribution in [0.5, 0.6) is 0 Å². The summed E-state index contributed by atoms with van der Waals surface area (Å²) in [4.78, 5) is 1.04. The highest BCUT2D eigenvalue weighted by atomic mass is 32.2. The highest BCUT2D eigenvalue weighted by Gasteiger charge is 2.17. The second kappa shape index (κ2) is 7.25. The number of aliphatic hydroxyl groups is 1. The lowest BCUT2D eigenvalue weighted by Gasteiger charge is -2.18. The molecule has 0 fully saturated rings. The predicted octanol–water partition coefficient (Wildman–Crippen LogP) is 5.43. The number of aliphatic hydroxyl groups excluding tert-OH is 1. The molecule has 3 N–H and O–H groups in total. The van der Waals surface area contributed by atoms with Crippen LogP contribution in [-0.4, -0.2) is 5.11 Å². The summed E-state index contributed by atoms with van der Waals surface area (Å²) in [5, 5.41) is 10.6. The van der Waals surface area contributed by atoms with Gasteiger partial charge in [0.05, 0.1) is 0 Å². The van der Waals surface area contributed by atoms with E-state index in [-0.39, 0.29) is 5.25 Å². The number of hydrogen-bond acceptors (Lipinski definition) is 3. The largest absolute Gasteiger partial charge is 0.512 e. The van der Waals surface area contributed by atoms with Crippen LogP contribution < -0.4 is 5.73 Å². The fraction of sp³-hybridized carbons (Fsp3) is 0.100. The minimum atomic E-state index is 0.107. The van der Waals surface area contributed by atoms with E-state index in [4.69, 9.17) is 5.73 Å². The highest BCUT2D eigenvalue weighted by molar-refractivity contribution is 7.99. The third-order valence-corrected chi connectivity index (χ3v) is 5.08. The molecule has 0 saturated heterocycles. The molecule has 1 aliphatic carbocycles. The minimum Gasteiger partial charge on any atom is -0.512 e. The molecular weight excluding hydrogens is 302 g/mol. The molecule has 0 aliphatic heterocycles. The molecule has 2 aromatic carbocycles. The van der Waals surface area contributed by atoms with E-state index in [1.807, 2.05) is 66.8 Å². The third-order valence-electron chi connectivity index (χ3n) is 3.73. The zero-order valence-electron chi connectivity index (χ0n) is 12.7. The Bertz CT molecular complexity index is 748. The molecule has 1 aliphatic rings. The van der Waals surface area contributed by atoms with E-state index in [1.165, 1.54) is 5.56 Å². The summed E-state index contributed by atoms with van der Waals surface area (Å²) in [6, 6.07) is 18.1. The predicted molar refractivity (Wildman–Crippen MR) is 98.4 cm³/mol. The summed E-state index contributed by atoms with van der Waals surface area (Å²) in [5.41, 5.74) is 8.91. The Balaban J connectivity index is 1.88. The van der Waals surface area contributed by atoms with Gasteiger partial charge < -0.3 is 10.8 Å². The molecule has 0 bridgehead atoms. The molecule has 1 atom stereocenters. The highest BCUT2D eigenvalue weighted by Crippen LogP contribution is 2.42. The van der Waals surface area contributed by atoms with Gasteiger partial charge in [0.15, 0.2) is 0 Å². The molecule has 3 heteroatoms. The van der Waals surface area contributed by atoms with Gasteiger partial charge in [0.2, 0.25) is 0 Å². The first kappa shape index (κ1) is 15.5. The fourth-order valence-corrected chi connectivity index (χ4v) is 3.70. The molecule has 3 rings (SSSR count). The molecule has 23 heavy (non-hydrogen) atoms. The lowest BCUT2D eigenvalue weighted by molar-refractivity contribution is 0.384. The number of anilines is 1. The molecule has 0 spiro atoms. The summed E-state index contributed by atoms with van der Waals surface area (Å²) >= 11 is 1.69. The number of nitrogens with two attached hydrogens (primary N) is 1. The van der Waals surface area contributed by atoms with Crippen molar-refractivity contribution in [3.8, 4) is 0 Å². The second-order valence-corrected chi connectivity index (χ2v) is 6.62. The summed E-state index contributed by atoms with van der Waals surface area (Å²) in [7, 11) is 0. The lowest BCUT2D eigenvalue weighted by atomic mass is 10.1. The average Bonchev–Trinajstić information content (AvgIpc) is 3.11. The van der Waals surface area contributed by atoms with E-state index in [1.54, 1.807) is 11.8 Å². The van der Waals surface area contributed by atoms with Crippen molar-refractivity contribution in [2.45, 2.75) is 16.6 Å². The first-order valence-electron chi connectivity index (χ1n) is 7.57. The van der Waals surface area contributed by atoms with Crippen LogP contribution in [0.25, 0.3) is 0 Å². The van der Waals surface area contributed by atoms with Crippen molar-refractivity contribution in [1.82, 2.24) is 0 Å². The number of rotatable bonds is 5. The maximum absolute atomic E-state index is 10.5. The Labute approximate surface area is 141 Å². The number of benzene rings is 2. The summed E-state index contributed by atoms with van der Waals surface area (Å²) in [6.07, 6.45) is 8.29.